The molecule has 120 valence electrons. The Morgan fingerprint density at radius 1 is 1.41 bits per heavy atom. The summed E-state index contributed by atoms with van der Waals surface area (Å²) in [6, 6.07) is 4.45. The van der Waals surface area contributed by atoms with Gasteiger partial charge in [-0.15, -0.1) is 0 Å². The van der Waals surface area contributed by atoms with Crippen LogP contribution in [0, 0.1) is 5.82 Å². The quantitative estimate of drug-likeness (QED) is 0.862. The molecule has 0 saturated carbocycles. The van der Waals surface area contributed by atoms with Crippen molar-refractivity contribution in [2.45, 2.75) is 38.0 Å². The monoisotopic (exact) mass is 309 g/mol. The zero-order valence-electron chi connectivity index (χ0n) is 12.5. The lowest BCUT2D eigenvalue weighted by atomic mass is 10.0. The van der Waals surface area contributed by atoms with Crippen molar-refractivity contribution >= 4 is 5.97 Å². The number of ether oxygens (including phenoxy) is 3. The maximum Gasteiger partial charge on any atom is 0.302 e. The van der Waals surface area contributed by atoms with Gasteiger partial charge in [-0.25, -0.2) is 4.39 Å². The number of nitrogens with one attached hydrogen (secondary N) is 1. The third-order valence-electron chi connectivity index (χ3n) is 3.95. The van der Waals surface area contributed by atoms with Crippen LogP contribution in [0.5, 0.6) is 5.75 Å². The molecule has 2 fully saturated rings. The molecule has 22 heavy (non-hydrogen) atoms. The van der Waals surface area contributed by atoms with Crippen LogP contribution in [0.3, 0.4) is 0 Å². The maximum absolute atomic E-state index is 13.6. The van der Waals surface area contributed by atoms with Crippen LogP contribution in [0.25, 0.3) is 0 Å². The van der Waals surface area contributed by atoms with Gasteiger partial charge in [-0.05, 0) is 18.2 Å². The fourth-order valence-electron chi connectivity index (χ4n) is 2.95. The predicted molar refractivity (Wildman–Crippen MR) is 77.2 cm³/mol. The summed E-state index contributed by atoms with van der Waals surface area (Å²) in [5.74, 6) is 0.0619. The van der Waals surface area contributed by atoms with Gasteiger partial charge in [0.05, 0.1) is 13.2 Å². The van der Waals surface area contributed by atoms with Gasteiger partial charge in [-0.3, -0.25) is 4.79 Å². The van der Waals surface area contributed by atoms with E-state index in [0.29, 0.717) is 31.9 Å². The number of carbonyl (C=O) groups excluding carboxylic acids is 1. The summed E-state index contributed by atoms with van der Waals surface area (Å²) in [6.07, 6.45) is 1.27. The Balaban J connectivity index is 1.74. The Hall–Kier alpha value is -1.66. The van der Waals surface area contributed by atoms with Gasteiger partial charge < -0.3 is 19.5 Å². The summed E-state index contributed by atoms with van der Waals surface area (Å²) < 4.78 is 30.1. The van der Waals surface area contributed by atoms with Crippen molar-refractivity contribution in [1.82, 2.24) is 5.32 Å². The van der Waals surface area contributed by atoms with Crippen molar-refractivity contribution in [2.75, 3.05) is 19.8 Å². The van der Waals surface area contributed by atoms with E-state index in [2.05, 4.69) is 5.32 Å². The standard InChI is InChI=1S/C16H20FNO4/c1-10(19)21-13-7-15(18-8-13)14-6-11(17)2-3-16(14)22-12-4-5-20-9-12/h2-3,6,12-13,15,18H,4-5,7-9H2,1H3/t12?,13?,15-/m1/s1. The SMILES string of the molecule is CC(=O)OC1CN[C@@H](c2cc(F)ccc2OC2CCOC2)C1. The molecule has 2 unspecified atom stereocenters. The fraction of sp³-hybridized carbons (Fsp3) is 0.562. The molecule has 1 aromatic carbocycles. The van der Waals surface area contributed by atoms with E-state index in [-0.39, 0.29) is 30.0 Å². The van der Waals surface area contributed by atoms with Gasteiger partial charge in [0.25, 0.3) is 0 Å². The van der Waals surface area contributed by atoms with Crippen molar-refractivity contribution in [3.05, 3.63) is 29.6 Å². The molecule has 3 atom stereocenters. The van der Waals surface area contributed by atoms with Crippen molar-refractivity contribution in [2.24, 2.45) is 0 Å². The normalized spacial score (nSPS) is 27.8. The number of benzene rings is 1. The Kier molecular flexibility index (Phi) is 4.59. The van der Waals surface area contributed by atoms with Crippen molar-refractivity contribution in [3.63, 3.8) is 0 Å². The second-order valence-corrected chi connectivity index (χ2v) is 5.71. The molecular formula is C16H20FNO4. The van der Waals surface area contributed by atoms with Crippen molar-refractivity contribution in [1.29, 1.82) is 0 Å². The van der Waals surface area contributed by atoms with Crippen LogP contribution in [-0.2, 0) is 14.3 Å². The average Bonchev–Trinajstić information content (AvgIpc) is 3.12. The molecule has 2 aliphatic heterocycles. The predicted octanol–water partition coefficient (Wildman–Crippen LogP) is 1.96. The van der Waals surface area contributed by atoms with Crippen LogP contribution in [0.4, 0.5) is 4.39 Å². The molecule has 0 radical (unpaired) electrons. The Morgan fingerprint density at radius 3 is 3.00 bits per heavy atom. The molecule has 0 amide bonds. The van der Waals surface area contributed by atoms with Crippen LogP contribution in [0.2, 0.25) is 0 Å². The number of hydrogen-bond acceptors (Lipinski definition) is 5. The van der Waals surface area contributed by atoms with Crippen LogP contribution in [0.1, 0.15) is 31.4 Å². The highest BCUT2D eigenvalue weighted by Crippen LogP contribution is 2.33. The minimum absolute atomic E-state index is 0.00915. The third-order valence-corrected chi connectivity index (χ3v) is 3.95. The zero-order chi connectivity index (χ0) is 15.5. The number of halogens is 1. The molecule has 1 N–H and O–H groups in total. The van der Waals surface area contributed by atoms with Gasteiger partial charge in [0.15, 0.2) is 0 Å². The summed E-state index contributed by atoms with van der Waals surface area (Å²) in [7, 11) is 0. The van der Waals surface area contributed by atoms with Gasteiger partial charge in [-0.2, -0.15) is 0 Å². The van der Waals surface area contributed by atoms with Crippen LogP contribution in [-0.4, -0.2) is 37.9 Å². The van der Waals surface area contributed by atoms with Gasteiger partial charge in [0.2, 0.25) is 0 Å². The van der Waals surface area contributed by atoms with Gasteiger partial charge in [0.1, 0.15) is 23.8 Å². The second-order valence-electron chi connectivity index (χ2n) is 5.71. The number of rotatable bonds is 4. The highest BCUT2D eigenvalue weighted by Gasteiger charge is 2.30. The van der Waals surface area contributed by atoms with E-state index >= 15 is 0 Å². The molecule has 0 spiro atoms. The fourth-order valence-corrected chi connectivity index (χ4v) is 2.95. The van der Waals surface area contributed by atoms with Crippen LogP contribution in [0.15, 0.2) is 18.2 Å². The highest BCUT2D eigenvalue weighted by atomic mass is 19.1. The van der Waals surface area contributed by atoms with E-state index in [4.69, 9.17) is 14.2 Å². The number of esters is 1. The van der Waals surface area contributed by atoms with E-state index in [1.54, 1.807) is 6.07 Å². The maximum atomic E-state index is 13.6. The van der Waals surface area contributed by atoms with E-state index < -0.39 is 0 Å². The lowest BCUT2D eigenvalue weighted by Crippen LogP contribution is -2.20. The molecule has 2 aliphatic rings. The van der Waals surface area contributed by atoms with Gasteiger partial charge in [-0.1, -0.05) is 0 Å². The molecule has 6 heteroatoms. The van der Waals surface area contributed by atoms with Crippen molar-refractivity contribution in [3.8, 4) is 5.75 Å². The smallest absolute Gasteiger partial charge is 0.302 e. The third kappa shape index (κ3) is 3.56. The summed E-state index contributed by atoms with van der Waals surface area (Å²) in [5.41, 5.74) is 0.765. The first-order chi connectivity index (χ1) is 10.6. The summed E-state index contributed by atoms with van der Waals surface area (Å²) >= 11 is 0. The van der Waals surface area contributed by atoms with E-state index in [9.17, 15) is 9.18 Å². The van der Waals surface area contributed by atoms with E-state index in [1.165, 1.54) is 19.1 Å². The second kappa shape index (κ2) is 6.62. The molecule has 0 aliphatic carbocycles. The molecule has 2 saturated heterocycles. The summed E-state index contributed by atoms with van der Waals surface area (Å²) in [4.78, 5) is 11.0. The molecular weight excluding hydrogens is 289 g/mol. The van der Waals surface area contributed by atoms with E-state index in [1.807, 2.05) is 0 Å². The topological polar surface area (TPSA) is 56.8 Å². The first kappa shape index (κ1) is 15.2. The molecule has 3 rings (SSSR count). The summed E-state index contributed by atoms with van der Waals surface area (Å²) in [5, 5.41) is 3.27. The lowest BCUT2D eigenvalue weighted by molar-refractivity contribution is -0.145. The van der Waals surface area contributed by atoms with Gasteiger partial charge in [0, 0.05) is 37.9 Å². The molecule has 5 nitrogen and oxygen atoms in total. The minimum atomic E-state index is -0.303. The van der Waals surface area contributed by atoms with Crippen molar-refractivity contribution < 1.29 is 23.4 Å². The zero-order valence-corrected chi connectivity index (χ0v) is 12.5. The Morgan fingerprint density at radius 2 is 2.27 bits per heavy atom. The first-order valence-electron chi connectivity index (χ1n) is 7.56. The lowest BCUT2D eigenvalue weighted by Gasteiger charge is -2.19. The first-order valence-corrected chi connectivity index (χ1v) is 7.56. The largest absolute Gasteiger partial charge is 0.488 e. The molecule has 0 bridgehead atoms. The minimum Gasteiger partial charge on any atom is -0.488 e. The van der Waals surface area contributed by atoms with Crippen LogP contribution >= 0.6 is 0 Å². The van der Waals surface area contributed by atoms with Gasteiger partial charge >= 0.3 is 5.97 Å². The highest BCUT2D eigenvalue weighted by molar-refractivity contribution is 5.66. The number of carbonyl (C=O) groups is 1. The molecule has 0 aromatic heterocycles. The van der Waals surface area contributed by atoms with Crippen LogP contribution < -0.4 is 10.1 Å². The Bertz CT molecular complexity index is 545. The van der Waals surface area contributed by atoms with E-state index in [0.717, 1.165) is 12.0 Å². The number of hydrogen-bond donors (Lipinski definition) is 1. The average molecular weight is 309 g/mol. The molecule has 1 aromatic rings. The molecule has 2 heterocycles. The Labute approximate surface area is 128 Å². The summed E-state index contributed by atoms with van der Waals surface area (Å²) in [6.45, 7) is 3.21.